The lowest BCUT2D eigenvalue weighted by molar-refractivity contribution is -0.226. The van der Waals surface area contributed by atoms with Crippen LogP contribution in [0.1, 0.15) is 19.3 Å². The highest BCUT2D eigenvalue weighted by Crippen LogP contribution is 2.19. The van der Waals surface area contributed by atoms with Crippen molar-refractivity contribution in [2.24, 2.45) is 5.73 Å². The second-order valence-corrected chi connectivity index (χ2v) is 3.73. The van der Waals surface area contributed by atoms with E-state index in [1.54, 1.807) is 6.08 Å². The van der Waals surface area contributed by atoms with Crippen molar-refractivity contribution in [2.75, 3.05) is 6.61 Å². The molecule has 0 saturated carbocycles. The summed E-state index contributed by atoms with van der Waals surface area (Å²) in [5.74, 6) is -0.488. The van der Waals surface area contributed by atoms with Gasteiger partial charge in [-0.2, -0.15) is 0 Å². The maximum atomic E-state index is 11.0. The number of carbonyl (C=O) groups excluding carboxylic acids is 1. The molecule has 2 heterocycles. The van der Waals surface area contributed by atoms with Gasteiger partial charge in [-0.15, -0.1) is 0 Å². The van der Waals surface area contributed by atoms with Gasteiger partial charge < -0.3 is 19.9 Å². The first-order valence-electron chi connectivity index (χ1n) is 5.36. The third-order valence-corrected chi connectivity index (χ3v) is 2.48. The molecule has 0 aromatic carbocycles. The second-order valence-electron chi connectivity index (χ2n) is 3.73. The number of hydrogen-bond donors (Lipinski definition) is 1. The molecule has 5 heteroatoms. The number of ether oxygens (including phenoxy) is 3. The molecule has 0 aliphatic carbocycles. The summed E-state index contributed by atoms with van der Waals surface area (Å²) >= 11 is 0. The van der Waals surface area contributed by atoms with Crippen molar-refractivity contribution in [1.29, 1.82) is 0 Å². The van der Waals surface area contributed by atoms with Crippen LogP contribution in [0.4, 0.5) is 0 Å². The van der Waals surface area contributed by atoms with Gasteiger partial charge in [0, 0.05) is 12.2 Å². The monoisotopic (exact) mass is 225 g/mol. The smallest absolute Gasteiger partial charge is 0.248 e. The van der Waals surface area contributed by atoms with Crippen LogP contribution in [0.3, 0.4) is 0 Å². The average Bonchev–Trinajstić information content (AvgIpc) is 2.30. The van der Waals surface area contributed by atoms with Gasteiger partial charge in [-0.3, -0.25) is 4.79 Å². The third kappa shape index (κ3) is 2.84. The van der Waals surface area contributed by atoms with Gasteiger partial charge in [-0.1, -0.05) is 0 Å². The normalized spacial score (nSPS) is 29.4. The lowest BCUT2D eigenvalue weighted by atomic mass is 10.2. The lowest BCUT2D eigenvalue weighted by Gasteiger charge is -2.27. The summed E-state index contributed by atoms with van der Waals surface area (Å²) < 4.78 is 16.1. The van der Waals surface area contributed by atoms with E-state index in [1.807, 2.05) is 0 Å². The molecule has 5 nitrogen and oxygen atoms in total. The summed E-state index contributed by atoms with van der Waals surface area (Å²) in [5, 5.41) is 0. The second kappa shape index (κ2) is 5.14. The Labute approximate surface area is 93.8 Å². The van der Waals surface area contributed by atoms with Gasteiger partial charge in [0.2, 0.25) is 12.2 Å². The number of amides is 1. The van der Waals surface area contributed by atoms with Gasteiger partial charge in [0.05, 0.1) is 6.26 Å². The molecule has 2 atom stereocenters. The minimum absolute atomic E-state index is 0.254. The first-order valence-corrected chi connectivity index (χ1v) is 5.36. The van der Waals surface area contributed by atoms with Crippen molar-refractivity contribution in [3.05, 3.63) is 24.0 Å². The van der Waals surface area contributed by atoms with Crippen LogP contribution in [0.5, 0.6) is 0 Å². The van der Waals surface area contributed by atoms with E-state index in [2.05, 4.69) is 0 Å². The molecule has 1 amide bonds. The fourth-order valence-electron chi connectivity index (χ4n) is 1.64. The van der Waals surface area contributed by atoms with Crippen LogP contribution in [-0.2, 0) is 19.0 Å². The zero-order valence-corrected chi connectivity index (χ0v) is 8.93. The third-order valence-electron chi connectivity index (χ3n) is 2.48. The predicted octanol–water partition coefficient (Wildman–Crippen LogP) is 0.811. The van der Waals surface area contributed by atoms with Crippen molar-refractivity contribution in [3.63, 3.8) is 0 Å². The van der Waals surface area contributed by atoms with E-state index < -0.39 is 12.2 Å². The van der Waals surface area contributed by atoms with Crippen LogP contribution < -0.4 is 5.73 Å². The van der Waals surface area contributed by atoms with Crippen molar-refractivity contribution in [1.82, 2.24) is 0 Å². The van der Waals surface area contributed by atoms with Gasteiger partial charge in [0.15, 0.2) is 6.29 Å². The fourth-order valence-corrected chi connectivity index (χ4v) is 1.64. The summed E-state index contributed by atoms with van der Waals surface area (Å²) in [6, 6.07) is 0. The average molecular weight is 225 g/mol. The maximum absolute atomic E-state index is 11.0. The molecule has 1 saturated heterocycles. The fraction of sp³-hybridized carbons (Fsp3) is 0.545. The highest BCUT2D eigenvalue weighted by Gasteiger charge is 2.21. The quantitative estimate of drug-likeness (QED) is 0.771. The number of hydrogen-bond acceptors (Lipinski definition) is 4. The first kappa shape index (κ1) is 11.2. The Morgan fingerprint density at radius 2 is 2.38 bits per heavy atom. The molecule has 16 heavy (non-hydrogen) atoms. The number of nitrogens with two attached hydrogens (primary N) is 1. The van der Waals surface area contributed by atoms with Gasteiger partial charge >= 0.3 is 0 Å². The Hall–Kier alpha value is -1.33. The SMILES string of the molecule is NC(=O)C1=CC(OC2CCCCO2)OC=C1. The summed E-state index contributed by atoms with van der Waals surface area (Å²) in [7, 11) is 0. The molecule has 0 bridgehead atoms. The molecule has 2 rings (SSSR count). The van der Waals surface area contributed by atoms with E-state index in [0.717, 1.165) is 19.3 Å². The van der Waals surface area contributed by atoms with Crippen LogP contribution in [0.25, 0.3) is 0 Å². The highest BCUT2D eigenvalue weighted by atomic mass is 16.8. The molecule has 0 aromatic rings. The zero-order chi connectivity index (χ0) is 11.4. The van der Waals surface area contributed by atoms with Gasteiger partial charge in [-0.25, -0.2) is 0 Å². The Bertz CT molecular complexity index is 318. The van der Waals surface area contributed by atoms with Crippen molar-refractivity contribution in [2.45, 2.75) is 31.8 Å². The molecule has 2 unspecified atom stereocenters. The minimum atomic E-state index is -0.587. The van der Waals surface area contributed by atoms with Gasteiger partial charge in [0.25, 0.3) is 0 Å². The highest BCUT2D eigenvalue weighted by molar-refractivity contribution is 5.94. The van der Waals surface area contributed by atoms with Crippen molar-refractivity contribution < 1.29 is 19.0 Å². The van der Waals surface area contributed by atoms with Crippen LogP contribution in [-0.4, -0.2) is 25.1 Å². The minimum Gasteiger partial charge on any atom is -0.469 e. The first-order chi connectivity index (χ1) is 7.75. The predicted molar refractivity (Wildman–Crippen MR) is 56.0 cm³/mol. The maximum Gasteiger partial charge on any atom is 0.248 e. The van der Waals surface area contributed by atoms with E-state index in [-0.39, 0.29) is 6.29 Å². The number of rotatable bonds is 3. The largest absolute Gasteiger partial charge is 0.469 e. The zero-order valence-electron chi connectivity index (χ0n) is 8.93. The molecule has 88 valence electrons. The summed E-state index contributed by atoms with van der Waals surface area (Å²) in [5.41, 5.74) is 5.56. The van der Waals surface area contributed by atoms with Crippen molar-refractivity contribution in [3.8, 4) is 0 Å². The van der Waals surface area contributed by atoms with Crippen LogP contribution in [0.15, 0.2) is 24.0 Å². The summed E-state index contributed by atoms with van der Waals surface area (Å²) in [6.45, 7) is 0.708. The van der Waals surface area contributed by atoms with E-state index >= 15 is 0 Å². The molecule has 2 N–H and O–H groups in total. The topological polar surface area (TPSA) is 70.8 Å². The van der Waals surface area contributed by atoms with Crippen LogP contribution >= 0.6 is 0 Å². The lowest BCUT2D eigenvalue weighted by Crippen LogP contribution is -2.29. The molecule has 0 spiro atoms. The van der Waals surface area contributed by atoms with Gasteiger partial charge in [0.1, 0.15) is 0 Å². The standard InChI is InChI=1S/C11H15NO4/c12-11(13)8-4-6-15-10(7-8)16-9-3-1-2-5-14-9/h4,6-7,9-10H,1-3,5H2,(H2,12,13). The Morgan fingerprint density at radius 1 is 1.50 bits per heavy atom. The van der Waals surface area contributed by atoms with E-state index in [1.165, 1.54) is 12.3 Å². The van der Waals surface area contributed by atoms with Crippen molar-refractivity contribution >= 4 is 5.91 Å². The van der Waals surface area contributed by atoms with E-state index in [9.17, 15) is 4.79 Å². The van der Waals surface area contributed by atoms with Crippen LogP contribution in [0, 0.1) is 0 Å². The van der Waals surface area contributed by atoms with E-state index in [4.69, 9.17) is 19.9 Å². The number of carbonyl (C=O) groups is 1. The Morgan fingerprint density at radius 3 is 3.06 bits per heavy atom. The molecular formula is C11H15NO4. The summed E-state index contributed by atoms with van der Waals surface area (Å²) in [6.07, 6.45) is 6.64. The molecule has 0 radical (unpaired) electrons. The molecule has 0 aromatic heterocycles. The number of primary amides is 1. The molecular weight excluding hydrogens is 210 g/mol. The van der Waals surface area contributed by atoms with Crippen LogP contribution in [0.2, 0.25) is 0 Å². The summed E-state index contributed by atoms with van der Waals surface area (Å²) in [4.78, 5) is 11.0. The van der Waals surface area contributed by atoms with Gasteiger partial charge in [-0.05, 0) is 31.4 Å². The Balaban J connectivity index is 1.90. The molecule has 2 aliphatic heterocycles. The molecule has 1 fully saturated rings. The Kier molecular flexibility index (Phi) is 3.58. The molecule has 2 aliphatic rings. The van der Waals surface area contributed by atoms with E-state index in [0.29, 0.717) is 12.2 Å².